The molecule has 0 aromatic carbocycles. The summed E-state index contributed by atoms with van der Waals surface area (Å²) in [6.45, 7) is 4.06. The van der Waals surface area contributed by atoms with Crippen molar-refractivity contribution in [2.45, 2.75) is 19.9 Å². The first-order valence-electron chi connectivity index (χ1n) is 4.94. The fourth-order valence-corrected chi connectivity index (χ4v) is 2.38. The van der Waals surface area contributed by atoms with Gasteiger partial charge in [-0.1, -0.05) is 0 Å². The first-order chi connectivity index (χ1) is 7.16. The van der Waals surface area contributed by atoms with Gasteiger partial charge in [0.25, 0.3) is 0 Å². The third kappa shape index (κ3) is 2.25. The summed E-state index contributed by atoms with van der Waals surface area (Å²) < 4.78 is 0. The van der Waals surface area contributed by atoms with Gasteiger partial charge in [-0.2, -0.15) is 0 Å². The number of rotatable bonds is 2. The van der Waals surface area contributed by atoms with Gasteiger partial charge in [-0.3, -0.25) is 4.98 Å². The van der Waals surface area contributed by atoms with Gasteiger partial charge in [-0.15, -0.1) is 11.3 Å². The number of nitrogens with two attached hydrogens (primary N) is 1. The molecule has 1 unspecified atom stereocenters. The van der Waals surface area contributed by atoms with E-state index in [9.17, 15) is 0 Å². The Hall–Kier alpha value is -1.19. The van der Waals surface area contributed by atoms with Crippen molar-refractivity contribution in [2.24, 2.45) is 5.73 Å². The van der Waals surface area contributed by atoms with Crippen molar-refractivity contribution in [3.63, 3.8) is 0 Å². The second kappa shape index (κ2) is 4.13. The fourth-order valence-electron chi connectivity index (χ4n) is 1.44. The number of hydrogen-bond donors (Lipinski definition) is 1. The molecule has 78 valence electrons. The van der Waals surface area contributed by atoms with Gasteiger partial charge in [-0.25, -0.2) is 0 Å². The van der Waals surface area contributed by atoms with Crippen LogP contribution in [0.2, 0.25) is 0 Å². The van der Waals surface area contributed by atoms with Crippen molar-refractivity contribution >= 4 is 11.3 Å². The molecule has 0 amide bonds. The van der Waals surface area contributed by atoms with Gasteiger partial charge in [0.1, 0.15) is 0 Å². The molecule has 0 aliphatic rings. The number of nitrogens with zero attached hydrogens (tertiary/aromatic N) is 1. The van der Waals surface area contributed by atoms with Crippen LogP contribution < -0.4 is 5.73 Å². The maximum Gasteiger partial charge on any atom is 0.0361 e. The molecule has 0 saturated carbocycles. The van der Waals surface area contributed by atoms with Gasteiger partial charge >= 0.3 is 0 Å². The largest absolute Gasteiger partial charge is 0.324 e. The summed E-state index contributed by atoms with van der Waals surface area (Å²) in [6.07, 6.45) is 3.76. The average Bonchev–Trinajstić information content (AvgIpc) is 2.66. The molecular weight excluding hydrogens is 204 g/mol. The Bertz CT molecular complexity index is 460. The highest BCUT2D eigenvalue weighted by Crippen LogP contribution is 2.30. The highest BCUT2D eigenvalue weighted by molar-refractivity contribution is 7.15. The van der Waals surface area contributed by atoms with Gasteiger partial charge in [0.05, 0.1) is 0 Å². The second-order valence-corrected chi connectivity index (χ2v) is 4.86. The Balaban J connectivity index is 2.37. The molecule has 1 atom stereocenters. The minimum atomic E-state index is 0.113. The van der Waals surface area contributed by atoms with Gasteiger partial charge in [-0.05, 0) is 37.6 Å². The molecule has 2 aromatic rings. The number of thiophene rings is 1. The summed E-state index contributed by atoms with van der Waals surface area (Å²) in [7, 11) is 0. The minimum absolute atomic E-state index is 0.113. The van der Waals surface area contributed by atoms with Crippen molar-refractivity contribution in [3.05, 3.63) is 41.0 Å². The Morgan fingerprint density at radius 2 is 2.13 bits per heavy atom. The predicted molar refractivity (Wildman–Crippen MR) is 64.9 cm³/mol. The minimum Gasteiger partial charge on any atom is -0.324 e. The topological polar surface area (TPSA) is 38.9 Å². The summed E-state index contributed by atoms with van der Waals surface area (Å²) in [5.74, 6) is 0. The van der Waals surface area contributed by atoms with E-state index < -0.39 is 0 Å². The van der Waals surface area contributed by atoms with E-state index in [0.717, 1.165) is 0 Å². The Morgan fingerprint density at radius 1 is 1.33 bits per heavy atom. The van der Waals surface area contributed by atoms with Crippen LogP contribution >= 0.6 is 11.3 Å². The van der Waals surface area contributed by atoms with Gasteiger partial charge in [0, 0.05) is 33.8 Å². The first-order valence-corrected chi connectivity index (χ1v) is 5.76. The van der Waals surface area contributed by atoms with Crippen LogP contribution in [0.15, 0.2) is 30.6 Å². The molecule has 0 aliphatic carbocycles. The van der Waals surface area contributed by atoms with E-state index >= 15 is 0 Å². The van der Waals surface area contributed by atoms with Crippen molar-refractivity contribution in [3.8, 4) is 10.4 Å². The van der Waals surface area contributed by atoms with E-state index in [0.29, 0.717) is 0 Å². The van der Waals surface area contributed by atoms with Gasteiger partial charge in [0.15, 0.2) is 0 Å². The van der Waals surface area contributed by atoms with E-state index in [-0.39, 0.29) is 6.04 Å². The zero-order valence-corrected chi connectivity index (χ0v) is 9.71. The third-order valence-electron chi connectivity index (χ3n) is 2.24. The highest BCUT2D eigenvalue weighted by Gasteiger charge is 2.06. The lowest BCUT2D eigenvalue weighted by atomic mass is 10.2. The number of pyridine rings is 1. The molecule has 2 heterocycles. The smallest absolute Gasteiger partial charge is 0.0361 e. The maximum atomic E-state index is 5.83. The molecule has 0 spiro atoms. The van der Waals surface area contributed by atoms with Crippen molar-refractivity contribution in [2.75, 3.05) is 0 Å². The zero-order chi connectivity index (χ0) is 10.8. The second-order valence-electron chi connectivity index (χ2n) is 3.74. The lowest BCUT2D eigenvalue weighted by molar-refractivity contribution is 0.838. The van der Waals surface area contributed by atoms with Gasteiger partial charge < -0.3 is 5.73 Å². The standard InChI is InChI=1S/C12H14N2S/c1-8-5-10(7-14-6-8)12-4-3-11(15-12)9(2)13/h3-7,9H,13H2,1-2H3. The zero-order valence-electron chi connectivity index (χ0n) is 8.90. The number of hydrogen-bond acceptors (Lipinski definition) is 3. The SMILES string of the molecule is Cc1cncc(-c2ccc(C(C)N)s2)c1. The molecular formula is C12H14N2S. The Labute approximate surface area is 93.8 Å². The fraction of sp³-hybridized carbons (Fsp3) is 0.250. The molecule has 0 radical (unpaired) electrons. The normalized spacial score (nSPS) is 12.7. The lowest BCUT2D eigenvalue weighted by Gasteiger charge is -2.00. The molecule has 2 nitrogen and oxygen atoms in total. The van der Waals surface area contributed by atoms with E-state index in [1.165, 1.54) is 20.9 Å². The molecule has 0 bridgehead atoms. The van der Waals surface area contributed by atoms with E-state index in [4.69, 9.17) is 5.73 Å². The molecule has 0 aliphatic heterocycles. The highest BCUT2D eigenvalue weighted by atomic mass is 32.1. The van der Waals surface area contributed by atoms with Crippen LogP contribution in [0, 0.1) is 6.92 Å². The Kier molecular flexibility index (Phi) is 2.84. The molecule has 0 fully saturated rings. The van der Waals surface area contributed by atoms with Crippen LogP contribution in [0.3, 0.4) is 0 Å². The van der Waals surface area contributed by atoms with E-state index in [2.05, 4.69) is 30.1 Å². The van der Waals surface area contributed by atoms with Crippen LogP contribution in [0.25, 0.3) is 10.4 Å². The first kappa shape index (κ1) is 10.3. The summed E-state index contributed by atoms with van der Waals surface area (Å²) in [5.41, 5.74) is 8.19. The predicted octanol–water partition coefficient (Wildman–Crippen LogP) is 3.14. The lowest BCUT2D eigenvalue weighted by Crippen LogP contribution is -2.01. The number of aromatic nitrogens is 1. The summed E-state index contributed by atoms with van der Waals surface area (Å²) in [4.78, 5) is 6.64. The van der Waals surface area contributed by atoms with Crippen LogP contribution in [-0.2, 0) is 0 Å². The number of aryl methyl sites for hydroxylation is 1. The van der Waals surface area contributed by atoms with Crippen molar-refractivity contribution < 1.29 is 0 Å². The van der Waals surface area contributed by atoms with Crippen molar-refractivity contribution in [1.82, 2.24) is 4.98 Å². The molecule has 2 N–H and O–H groups in total. The van der Waals surface area contributed by atoms with E-state index in [1.54, 1.807) is 11.3 Å². The van der Waals surface area contributed by atoms with Crippen molar-refractivity contribution in [1.29, 1.82) is 0 Å². The summed E-state index contributed by atoms with van der Waals surface area (Å²) in [6, 6.07) is 6.46. The molecule has 2 aromatic heterocycles. The maximum absolute atomic E-state index is 5.83. The summed E-state index contributed by atoms with van der Waals surface area (Å²) >= 11 is 1.74. The third-order valence-corrected chi connectivity index (χ3v) is 3.57. The van der Waals surface area contributed by atoms with E-state index in [1.807, 2.05) is 19.3 Å². The van der Waals surface area contributed by atoms with Gasteiger partial charge in [0.2, 0.25) is 0 Å². The quantitative estimate of drug-likeness (QED) is 0.841. The molecule has 0 saturated heterocycles. The van der Waals surface area contributed by atoms with Crippen LogP contribution in [0.4, 0.5) is 0 Å². The molecule has 3 heteroatoms. The Morgan fingerprint density at radius 3 is 2.73 bits per heavy atom. The summed E-state index contributed by atoms with van der Waals surface area (Å²) in [5, 5.41) is 0. The van der Waals surface area contributed by atoms with Crippen LogP contribution in [-0.4, -0.2) is 4.98 Å². The van der Waals surface area contributed by atoms with Crippen LogP contribution in [0.1, 0.15) is 23.4 Å². The molecule has 2 rings (SSSR count). The monoisotopic (exact) mass is 218 g/mol. The average molecular weight is 218 g/mol. The van der Waals surface area contributed by atoms with Crippen LogP contribution in [0.5, 0.6) is 0 Å². The molecule has 15 heavy (non-hydrogen) atoms.